The van der Waals surface area contributed by atoms with Gasteiger partial charge in [-0.15, -0.1) is 0 Å². The fraction of sp³-hybridized carbons (Fsp3) is 0.286. The predicted molar refractivity (Wildman–Crippen MR) is 135 cm³/mol. The van der Waals surface area contributed by atoms with Gasteiger partial charge in [0.05, 0.1) is 17.1 Å². The molecule has 0 unspecified atom stereocenters. The summed E-state index contributed by atoms with van der Waals surface area (Å²) in [5.41, 5.74) is 11.9. The van der Waals surface area contributed by atoms with Crippen molar-refractivity contribution in [2.24, 2.45) is 0 Å². The first-order valence-corrected chi connectivity index (χ1v) is 11.5. The Kier molecular flexibility index (Phi) is 9.05. The highest BCUT2D eigenvalue weighted by atomic mass is 16.1. The SMILES string of the molecule is CC/C=C(/CCCCCCC(=O)Nc1ccccc1N)c1ccc(-c2ccccc2)nc1. The van der Waals surface area contributed by atoms with Gasteiger partial charge in [0, 0.05) is 18.2 Å². The smallest absolute Gasteiger partial charge is 0.224 e. The average Bonchev–Trinajstić information content (AvgIpc) is 2.83. The molecule has 1 amide bonds. The van der Waals surface area contributed by atoms with Crippen LogP contribution in [0.1, 0.15) is 57.4 Å². The largest absolute Gasteiger partial charge is 0.397 e. The van der Waals surface area contributed by atoms with Crippen LogP contribution in [0.4, 0.5) is 11.4 Å². The van der Waals surface area contributed by atoms with E-state index in [1.54, 1.807) is 6.07 Å². The molecule has 0 saturated heterocycles. The molecule has 3 rings (SSSR count). The predicted octanol–water partition coefficient (Wildman–Crippen LogP) is 7.10. The fourth-order valence-corrected chi connectivity index (χ4v) is 3.75. The Balaban J connectivity index is 1.41. The Morgan fingerprint density at radius 2 is 1.62 bits per heavy atom. The number of aromatic nitrogens is 1. The highest BCUT2D eigenvalue weighted by Gasteiger charge is 2.06. The number of nitrogens with two attached hydrogens (primary N) is 1. The van der Waals surface area contributed by atoms with E-state index in [-0.39, 0.29) is 5.91 Å². The minimum Gasteiger partial charge on any atom is -0.397 e. The summed E-state index contributed by atoms with van der Waals surface area (Å²) in [6, 6.07) is 21.9. The Morgan fingerprint density at radius 3 is 2.31 bits per heavy atom. The maximum atomic E-state index is 12.1. The summed E-state index contributed by atoms with van der Waals surface area (Å²) in [5, 5.41) is 2.89. The van der Waals surface area contributed by atoms with Crippen molar-refractivity contribution in [2.45, 2.75) is 51.9 Å². The fourth-order valence-electron chi connectivity index (χ4n) is 3.75. The Labute approximate surface area is 191 Å². The molecule has 0 spiro atoms. The van der Waals surface area contributed by atoms with Crippen molar-refractivity contribution in [1.29, 1.82) is 0 Å². The van der Waals surface area contributed by atoms with E-state index in [4.69, 9.17) is 5.73 Å². The molecule has 166 valence electrons. The number of nitrogens with zero attached hydrogens (tertiary/aromatic N) is 1. The number of unbranched alkanes of at least 4 members (excludes halogenated alkanes) is 3. The van der Waals surface area contributed by atoms with Gasteiger partial charge in [-0.2, -0.15) is 0 Å². The highest BCUT2D eigenvalue weighted by Crippen LogP contribution is 2.24. The molecule has 4 nitrogen and oxygen atoms in total. The summed E-state index contributed by atoms with van der Waals surface area (Å²) >= 11 is 0. The van der Waals surface area contributed by atoms with E-state index >= 15 is 0 Å². The lowest BCUT2D eigenvalue weighted by atomic mass is 9.98. The van der Waals surface area contributed by atoms with E-state index in [9.17, 15) is 4.79 Å². The molecule has 0 atom stereocenters. The number of anilines is 2. The summed E-state index contributed by atoms with van der Waals surface area (Å²) in [7, 11) is 0. The van der Waals surface area contributed by atoms with E-state index in [0.29, 0.717) is 17.8 Å². The first-order valence-electron chi connectivity index (χ1n) is 11.5. The molecule has 0 fully saturated rings. The molecule has 2 aromatic carbocycles. The van der Waals surface area contributed by atoms with Gasteiger partial charge in [0.1, 0.15) is 0 Å². The van der Waals surface area contributed by atoms with Crippen LogP contribution in [0.15, 0.2) is 79.0 Å². The minimum atomic E-state index is 0.0269. The summed E-state index contributed by atoms with van der Waals surface area (Å²) in [6.45, 7) is 2.17. The van der Waals surface area contributed by atoms with Gasteiger partial charge in [0.2, 0.25) is 5.91 Å². The van der Waals surface area contributed by atoms with E-state index in [0.717, 1.165) is 49.8 Å². The molecule has 4 heteroatoms. The molecular weight excluding hydrogens is 394 g/mol. The number of pyridine rings is 1. The lowest BCUT2D eigenvalue weighted by molar-refractivity contribution is -0.116. The van der Waals surface area contributed by atoms with Gasteiger partial charge in [0.15, 0.2) is 0 Å². The quantitative estimate of drug-likeness (QED) is 0.253. The van der Waals surface area contributed by atoms with Crippen molar-refractivity contribution in [3.8, 4) is 11.3 Å². The number of nitrogens with one attached hydrogen (secondary N) is 1. The molecule has 3 aromatic rings. The lowest BCUT2D eigenvalue weighted by Gasteiger charge is -2.10. The van der Waals surface area contributed by atoms with Gasteiger partial charge in [0.25, 0.3) is 0 Å². The normalized spacial score (nSPS) is 11.3. The van der Waals surface area contributed by atoms with Crippen LogP contribution in [-0.4, -0.2) is 10.9 Å². The molecule has 0 saturated carbocycles. The second-order valence-corrected chi connectivity index (χ2v) is 7.99. The van der Waals surface area contributed by atoms with Crippen molar-refractivity contribution in [3.63, 3.8) is 0 Å². The topological polar surface area (TPSA) is 68.0 Å². The van der Waals surface area contributed by atoms with Gasteiger partial charge in [-0.3, -0.25) is 9.78 Å². The second-order valence-electron chi connectivity index (χ2n) is 7.99. The maximum absolute atomic E-state index is 12.1. The second kappa shape index (κ2) is 12.5. The zero-order valence-electron chi connectivity index (χ0n) is 18.9. The summed E-state index contributed by atoms with van der Waals surface area (Å²) in [4.78, 5) is 16.8. The molecule has 0 aliphatic carbocycles. The molecule has 1 aromatic heterocycles. The molecule has 0 radical (unpaired) electrons. The van der Waals surface area contributed by atoms with Crippen molar-refractivity contribution in [2.75, 3.05) is 11.1 Å². The Bertz CT molecular complexity index is 1010. The Morgan fingerprint density at radius 1 is 0.906 bits per heavy atom. The number of carbonyl (C=O) groups is 1. The van der Waals surface area contributed by atoms with E-state index < -0.39 is 0 Å². The van der Waals surface area contributed by atoms with E-state index in [1.807, 2.05) is 42.6 Å². The van der Waals surface area contributed by atoms with Gasteiger partial charge in [-0.25, -0.2) is 0 Å². The zero-order valence-corrected chi connectivity index (χ0v) is 18.9. The number of benzene rings is 2. The third kappa shape index (κ3) is 7.09. The molecule has 1 heterocycles. The molecule has 0 aliphatic rings. The van der Waals surface area contributed by atoms with Crippen LogP contribution in [0, 0.1) is 0 Å². The molecule has 32 heavy (non-hydrogen) atoms. The molecule has 3 N–H and O–H groups in total. The van der Waals surface area contributed by atoms with Crippen LogP contribution in [-0.2, 0) is 4.79 Å². The number of hydrogen-bond acceptors (Lipinski definition) is 3. The Hall–Kier alpha value is -3.40. The van der Waals surface area contributed by atoms with Crippen molar-refractivity contribution >= 4 is 22.9 Å². The molecular formula is C28H33N3O. The third-order valence-corrected chi connectivity index (χ3v) is 5.49. The van der Waals surface area contributed by atoms with Crippen molar-refractivity contribution in [1.82, 2.24) is 4.98 Å². The van der Waals surface area contributed by atoms with Gasteiger partial charge < -0.3 is 11.1 Å². The van der Waals surface area contributed by atoms with E-state index in [2.05, 4.69) is 47.6 Å². The standard InChI is InChI=1S/C28H33N3O/c1-2-12-22(24-19-20-26(30-21-24)23-14-7-5-8-15-23)13-6-3-4-9-18-28(32)31-27-17-11-10-16-25(27)29/h5,7-8,10-12,14-17,19-21H,2-4,6,9,13,18,29H2,1H3,(H,31,32)/b22-12-. The summed E-state index contributed by atoms with van der Waals surface area (Å²) in [5.74, 6) is 0.0269. The number of para-hydroxylation sites is 2. The van der Waals surface area contributed by atoms with Crippen LogP contribution in [0.2, 0.25) is 0 Å². The van der Waals surface area contributed by atoms with Crippen molar-refractivity contribution < 1.29 is 4.79 Å². The lowest BCUT2D eigenvalue weighted by Crippen LogP contribution is -2.12. The average molecular weight is 428 g/mol. The van der Waals surface area contributed by atoms with Gasteiger partial charge in [-0.05, 0) is 55.0 Å². The van der Waals surface area contributed by atoms with Gasteiger partial charge >= 0.3 is 0 Å². The maximum Gasteiger partial charge on any atom is 0.224 e. The number of hydrogen-bond donors (Lipinski definition) is 2. The first-order chi connectivity index (χ1) is 15.7. The third-order valence-electron chi connectivity index (χ3n) is 5.49. The number of allylic oxidation sites excluding steroid dienone is 2. The molecule has 0 bridgehead atoms. The van der Waals surface area contributed by atoms with Crippen LogP contribution in [0.3, 0.4) is 0 Å². The van der Waals surface area contributed by atoms with Crippen LogP contribution in [0.25, 0.3) is 16.8 Å². The number of carbonyl (C=O) groups excluding carboxylic acids is 1. The summed E-state index contributed by atoms with van der Waals surface area (Å²) in [6.07, 6.45) is 11.0. The van der Waals surface area contributed by atoms with E-state index in [1.165, 1.54) is 11.1 Å². The number of rotatable bonds is 11. The first kappa shape index (κ1) is 23.3. The number of amides is 1. The van der Waals surface area contributed by atoms with Crippen LogP contribution < -0.4 is 11.1 Å². The highest BCUT2D eigenvalue weighted by molar-refractivity contribution is 5.93. The monoisotopic (exact) mass is 427 g/mol. The van der Waals surface area contributed by atoms with Crippen LogP contribution >= 0.6 is 0 Å². The van der Waals surface area contributed by atoms with Crippen LogP contribution in [0.5, 0.6) is 0 Å². The molecule has 0 aliphatic heterocycles. The number of nitrogen functional groups attached to an aromatic ring is 1. The van der Waals surface area contributed by atoms with Crippen molar-refractivity contribution in [3.05, 3.63) is 84.6 Å². The van der Waals surface area contributed by atoms with Gasteiger partial charge in [-0.1, -0.05) is 74.4 Å². The minimum absolute atomic E-state index is 0.0269. The zero-order chi connectivity index (χ0) is 22.6. The summed E-state index contributed by atoms with van der Waals surface area (Å²) < 4.78 is 0.